The Kier molecular flexibility index (Phi) is 3.43. The second-order valence-corrected chi connectivity index (χ2v) is 5.40. The van der Waals surface area contributed by atoms with Gasteiger partial charge >= 0.3 is 0 Å². The average molecular weight is 244 g/mol. The Bertz CT molecular complexity index is 418. The summed E-state index contributed by atoms with van der Waals surface area (Å²) < 4.78 is 0. The van der Waals surface area contributed by atoms with E-state index >= 15 is 0 Å². The minimum atomic E-state index is 0.421. The van der Waals surface area contributed by atoms with Crippen LogP contribution in [0.1, 0.15) is 12.0 Å². The van der Waals surface area contributed by atoms with Crippen LogP contribution in [0.5, 0.6) is 0 Å². The normalized spacial score (nSPS) is 25.3. The number of carbonyl (C=O) groups is 1. The second kappa shape index (κ2) is 5.21. The fourth-order valence-corrected chi connectivity index (χ4v) is 3.05. The van der Waals surface area contributed by atoms with Crippen molar-refractivity contribution in [2.45, 2.75) is 18.9 Å². The van der Waals surface area contributed by atoms with Gasteiger partial charge in [-0.15, -0.1) is 0 Å². The maximum absolute atomic E-state index is 11.4. The number of ketones is 1. The first-order valence-corrected chi connectivity index (χ1v) is 6.83. The Labute approximate surface area is 108 Å². The number of nitrogens with zero attached hydrogens (tertiary/aromatic N) is 2. The zero-order valence-corrected chi connectivity index (χ0v) is 10.7. The number of carbonyl (C=O) groups excluding carboxylic acids is 1. The van der Waals surface area contributed by atoms with Crippen LogP contribution in [0, 0.1) is 0 Å². The van der Waals surface area contributed by atoms with Crippen LogP contribution in [0.25, 0.3) is 0 Å². The van der Waals surface area contributed by atoms with Gasteiger partial charge in [0.2, 0.25) is 0 Å². The lowest BCUT2D eigenvalue weighted by Crippen LogP contribution is -2.50. The first-order chi connectivity index (χ1) is 8.81. The SMILES string of the molecule is O=C1CC2CN(CCc3ccccc3)CCN2C1. The average Bonchev–Trinajstić information content (AvgIpc) is 2.77. The van der Waals surface area contributed by atoms with E-state index in [9.17, 15) is 4.79 Å². The van der Waals surface area contributed by atoms with Gasteiger partial charge in [0.15, 0.2) is 0 Å². The highest BCUT2D eigenvalue weighted by Crippen LogP contribution is 2.19. The van der Waals surface area contributed by atoms with Crippen molar-refractivity contribution in [1.82, 2.24) is 9.80 Å². The molecule has 1 aromatic rings. The summed E-state index contributed by atoms with van der Waals surface area (Å²) in [7, 11) is 0. The van der Waals surface area contributed by atoms with E-state index in [1.807, 2.05) is 0 Å². The molecule has 2 fully saturated rings. The fourth-order valence-electron chi connectivity index (χ4n) is 3.05. The molecule has 2 heterocycles. The first-order valence-electron chi connectivity index (χ1n) is 6.83. The van der Waals surface area contributed by atoms with E-state index in [1.54, 1.807) is 0 Å². The van der Waals surface area contributed by atoms with Crippen molar-refractivity contribution in [3.63, 3.8) is 0 Å². The van der Waals surface area contributed by atoms with E-state index in [0.29, 0.717) is 18.4 Å². The lowest BCUT2D eigenvalue weighted by molar-refractivity contribution is -0.116. The van der Waals surface area contributed by atoms with Gasteiger partial charge in [0, 0.05) is 38.6 Å². The Balaban J connectivity index is 1.51. The molecule has 2 aliphatic rings. The van der Waals surface area contributed by atoms with Gasteiger partial charge in [-0.05, 0) is 12.0 Å². The van der Waals surface area contributed by atoms with E-state index < -0.39 is 0 Å². The van der Waals surface area contributed by atoms with Crippen molar-refractivity contribution in [3.8, 4) is 0 Å². The molecule has 0 spiro atoms. The van der Waals surface area contributed by atoms with Crippen LogP contribution in [0.15, 0.2) is 30.3 Å². The van der Waals surface area contributed by atoms with Crippen LogP contribution in [0.3, 0.4) is 0 Å². The molecule has 1 aromatic carbocycles. The van der Waals surface area contributed by atoms with E-state index in [2.05, 4.69) is 40.1 Å². The molecule has 2 aliphatic heterocycles. The molecule has 2 saturated heterocycles. The molecule has 0 saturated carbocycles. The molecule has 0 aromatic heterocycles. The molecule has 3 heteroatoms. The number of benzene rings is 1. The second-order valence-electron chi connectivity index (χ2n) is 5.40. The predicted octanol–water partition coefficient (Wildman–Crippen LogP) is 1.19. The summed E-state index contributed by atoms with van der Waals surface area (Å²) in [6.45, 7) is 5.04. The minimum Gasteiger partial charge on any atom is -0.300 e. The molecule has 1 unspecified atom stereocenters. The number of fused-ring (bicyclic) bond motifs is 1. The molecular formula is C15H20N2O. The fraction of sp³-hybridized carbons (Fsp3) is 0.533. The zero-order valence-electron chi connectivity index (χ0n) is 10.7. The van der Waals surface area contributed by atoms with Crippen molar-refractivity contribution in [2.75, 3.05) is 32.7 Å². The highest BCUT2D eigenvalue weighted by Gasteiger charge is 2.34. The summed E-state index contributed by atoms with van der Waals surface area (Å²) in [6.07, 6.45) is 1.88. The smallest absolute Gasteiger partial charge is 0.148 e. The number of hydrogen-bond donors (Lipinski definition) is 0. The Morgan fingerprint density at radius 2 is 2.00 bits per heavy atom. The van der Waals surface area contributed by atoms with Gasteiger partial charge in [0.1, 0.15) is 5.78 Å². The summed E-state index contributed by atoms with van der Waals surface area (Å²) in [5.41, 5.74) is 1.41. The van der Waals surface area contributed by atoms with Crippen LogP contribution < -0.4 is 0 Å². The van der Waals surface area contributed by atoms with Crippen LogP contribution >= 0.6 is 0 Å². The highest BCUT2D eigenvalue weighted by atomic mass is 16.1. The van der Waals surface area contributed by atoms with Gasteiger partial charge in [0.25, 0.3) is 0 Å². The molecule has 0 aliphatic carbocycles. The molecule has 96 valence electrons. The van der Waals surface area contributed by atoms with Crippen molar-refractivity contribution >= 4 is 5.78 Å². The third-order valence-corrected chi connectivity index (χ3v) is 4.09. The van der Waals surface area contributed by atoms with Gasteiger partial charge in [0.05, 0.1) is 6.54 Å². The molecule has 0 bridgehead atoms. The van der Waals surface area contributed by atoms with Crippen LogP contribution in [0.4, 0.5) is 0 Å². The number of hydrogen-bond acceptors (Lipinski definition) is 3. The number of Topliss-reactive ketones (excluding diaryl/α,β-unsaturated/α-hetero) is 1. The van der Waals surface area contributed by atoms with Crippen LogP contribution in [0.2, 0.25) is 0 Å². The third kappa shape index (κ3) is 2.62. The molecule has 0 radical (unpaired) electrons. The quantitative estimate of drug-likeness (QED) is 0.798. The zero-order chi connectivity index (χ0) is 12.4. The summed E-state index contributed by atoms with van der Waals surface area (Å²) in [6, 6.07) is 11.1. The summed E-state index contributed by atoms with van der Waals surface area (Å²) in [4.78, 5) is 16.3. The molecule has 1 atom stereocenters. The van der Waals surface area contributed by atoms with E-state index in [4.69, 9.17) is 0 Å². The first kappa shape index (κ1) is 11.9. The summed E-state index contributed by atoms with van der Waals surface area (Å²) in [5, 5.41) is 0. The molecular weight excluding hydrogens is 224 g/mol. The summed E-state index contributed by atoms with van der Waals surface area (Å²) in [5.74, 6) is 0.421. The van der Waals surface area contributed by atoms with Crippen LogP contribution in [-0.2, 0) is 11.2 Å². The highest BCUT2D eigenvalue weighted by molar-refractivity contribution is 5.83. The monoisotopic (exact) mass is 244 g/mol. The van der Waals surface area contributed by atoms with Crippen LogP contribution in [-0.4, -0.2) is 54.3 Å². The van der Waals surface area contributed by atoms with Gasteiger partial charge in [-0.3, -0.25) is 9.69 Å². The Hall–Kier alpha value is -1.19. The van der Waals surface area contributed by atoms with Crippen molar-refractivity contribution < 1.29 is 4.79 Å². The predicted molar refractivity (Wildman–Crippen MR) is 71.6 cm³/mol. The van der Waals surface area contributed by atoms with Gasteiger partial charge < -0.3 is 4.90 Å². The third-order valence-electron chi connectivity index (χ3n) is 4.09. The molecule has 0 amide bonds. The van der Waals surface area contributed by atoms with Gasteiger partial charge in [-0.1, -0.05) is 30.3 Å². The summed E-state index contributed by atoms with van der Waals surface area (Å²) >= 11 is 0. The van der Waals surface area contributed by atoms with Crippen molar-refractivity contribution in [3.05, 3.63) is 35.9 Å². The van der Waals surface area contributed by atoms with E-state index in [0.717, 1.165) is 39.0 Å². The van der Waals surface area contributed by atoms with Crippen molar-refractivity contribution in [2.24, 2.45) is 0 Å². The number of rotatable bonds is 3. The van der Waals surface area contributed by atoms with Gasteiger partial charge in [-0.2, -0.15) is 0 Å². The van der Waals surface area contributed by atoms with Gasteiger partial charge in [-0.25, -0.2) is 0 Å². The maximum Gasteiger partial charge on any atom is 0.148 e. The molecule has 3 nitrogen and oxygen atoms in total. The topological polar surface area (TPSA) is 23.6 Å². The largest absolute Gasteiger partial charge is 0.300 e. The Morgan fingerprint density at radius 1 is 1.17 bits per heavy atom. The lowest BCUT2D eigenvalue weighted by Gasteiger charge is -2.36. The molecule has 0 N–H and O–H groups in total. The minimum absolute atomic E-state index is 0.421. The molecule has 18 heavy (non-hydrogen) atoms. The molecule has 3 rings (SSSR count). The number of piperazine rings is 1. The van der Waals surface area contributed by atoms with E-state index in [-0.39, 0.29) is 0 Å². The van der Waals surface area contributed by atoms with Crippen molar-refractivity contribution in [1.29, 1.82) is 0 Å². The standard InChI is InChI=1S/C15H20N2O/c18-15-10-14-11-16(8-9-17(14)12-15)7-6-13-4-2-1-3-5-13/h1-5,14H,6-12H2. The van der Waals surface area contributed by atoms with E-state index in [1.165, 1.54) is 5.56 Å². The maximum atomic E-state index is 11.4. The Morgan fingerprint density at radius 3 is 2.83 bits per heavy atom. The lowest BCUT2D eigenvalue weighted by atomic mass is 10.1.